The van der Waals surface area contributed by atoms with Crippen molar-refractivity contribution in [2.24, 2.45) is 0 Å². The quantitative estimate of drug-likeness (QED) is 0.578. The summed E-state index contributed by atoms with van der Waals surface area (Å²) in [6, 6.07) is 14.6. The lowest BCUT2D eigenvalue weighted by Crippen LogP contribution is -2.40. The molecule has 2 aromatic heterocycles. The van der Waals surface area contributed by atoms with E-state index >= 15 is 0 Å². The molecule has 0 fully saturated rings. The normalized spacial score (nSPS) is 12.3. The smallest absolute Gasteiger partial charge is 0.275 e. The Hall–Kier alpha value is -3.55. The Kier molecular flexibility index (Phi) is 4.37. The standard InChI is InChI=1S/C19H18N6O2/c1-13(11-24-17-9-5-4-8-16(17)22-23-24)21-18(26)12-25-19(27)15-7-3-2-6-14(15)10-20-25/h2-10,13H,11-12H2,1H3,(H,21,26)/t13-/m1/s1. The van der Waals surface area contributed by atoms with Crippen molar-refractivity contribution in [2.45, 2.75) is 26.1 Å². The van der Waals surface area contributed by atoms with Crippen LogP contribution in [0.25, 0.3) is 21.8 Å². The van der Waals surface area contributed by atoms with Crippen molar-refractivity contribution >= 4 is 27.7 Å². The van der Waals surface area contributed by atoms with Gasteiger partial charge in [-0.05, 0) is 25.1 Å². The summed E-state index contributed by atoms with van der Waals surface area (Å²) in [6.07, 6.45) is 1.59. The minimum atomic E-state index is -0.281. The third kappa shape index (κ3) is 3.41. The number of fused-ring (bicyclic) bond motifs is 2. The highest BCUT2D eigenvalue weighted by Gasteiger charge is 2.13. The predicted octanol–water partition coefficient (Wildman–Crippen LogP) is 1.35. The first kappa shape index (κ1) is 16.9. The number of hydrogen-bond donors (Lipinski definition) is 1. The van der Waals surface area contributed by atoms with Crippen molar-refractivity contribution in [3.8, 4) is 0 Å². The Balaban J connectivity index is 1.45. The fourth-order valence-corrected chi connectivity index (χ4v) is 3.05. The molecule has 8 nitrogen and oxygen atoms in total. The van der Waals surface area contributed by atoms with Crippen molar-refractivity contribution in [1.29, 1.82) is 0 Å². The minimum Gasteiger partial charge on any atom is -0.350 e. The van der Waals surface area contributed by atoms with Gasteiger partial charge in [0.05, 0.1) is 23.6 Å². The van der Waals surface area contributed by atoms with Crippen LogP contribution in [0.2, 0.25) is 0 Å². The maximum atomic E-state index is 12.5. The molecule has 27 heavy (non-hydrogen) atoms. The second-order valence-corrected chi connectivity index (χ2v) is 6.42. The highest BCUT2D eigenvalue weighted by atomic mass is 16.2. The van der Waals surface area contributed by atoms with Crippen molar-refractivity contribution in [2.75, 3.05) is 0 Å². The summed E-state index contributed by atoms with van der Waals surface area (Å²) >= 11 is 0. The van der Waals surface area contributed by atoms with Gasteiger partial charge < -0.3 is 5.32 Å². The number of benzene rings is 2. The summed E-state index contributed by atoms with van der Waals surface area (Å²) in [4.78, 5) is 24.8. The molecule has 0 saturated heterocycles. The number of carbonyl (C=O) groups excluding carboxylic acids is 1. The Labute approximate surface area is 154 Å². The number of nitrogens with zero attached hydrogens (tertiary/aromatic N) is 5. The number of nitrogens with one attached hydrogen (secondary N) is 1. The Morgan fingerprint density at radius 1 is 1.11 bits per heavy atom. The lowest BCUT2D eigenvalue weighted by Gasteiger charge is -2.14. The zero-order chi connectivity index (χ0) is 18.8. The molecule has 1 N–H and O–H groups in total. The van der Waals surface area contributed by atoms with Crippen LogP contribution < -0.4 is 10.9 Å². The number of rotatable bonds is 5. The van der Waals surface area contributed by atoms with E-state index < -0.39 is 0 Å². The Morgan fingerprint density at radius 2 is 1.89 bits per heavy atom. The number of amides is 1. The number of para-hydroxylation sites is 1. The molecule has 0 aliphatic carbocycles. The summed E-state index contributed by atoms with van der Waals surface area (Å²) in [6.45, 7) is 2.23. The van der Waals surface area contributed by atoms with E-state index in [0.717, 1.165) is 16.4 Å². The van der Waals surface area contributed by atoms with E-state index in [1.165, 1.54) is 4.68 Å². The largest absolute Gasteiger partial charge is 0.350 e. The van der Waals surface area contributed by atoms with Gasteiger partial charge in [0, 0.05) is 11.4 Å². The summed E-state index contributed by atoms with van der Waals surface area (Å²) in [5.74, 6) is -0.281. The molecule has 1 amide bonds. The van der Waals surface area contributed by atoms with Gasteiger partial charge in [-0.15, -0.1) is 5.10 Å². The van der Waals surface area contributed by atoms with Gasteiger partial charge in [0.1, 0.15) is 12.1 Å². The zero-order valence-corrected chi connectivity index (χ0v) is 14.7. The van der Waals surface area contributed by atoms with Crippen LogP contribution in [0.1, 0.15) is 6.92 Å². The van der Waals surface area contributed by atoms with E-state index in [9.17, 15) is 9.59 Å². The first-order valence-corrected chi connectivity index (χ1v) is 8.64. The summed E-state index contributed by atoms with van der Waals surface area (Å²) in [7, 11) is 0. The van der Waals surface area contributed by atoms with E-state index in [1.807, 2.05) is 43.3 Å². The highest BCUT2D eigenvalue weighted by molar-refractivity contribution is 5.81. The minimum absolute atomic E-state index is 0.133. The van der Waals surface area contributed by atoms with Gasteiger partial charge in [-0.2, -0.15) is 5.10 Å². The molecule has 136 valence electrons. The van der Waals surface area contributed by atoms with Crippen LogP contribution in [-0.2, 0) is 17.9 Å². The second kappa shape index (κ2) is 6.99. The fourth-order valence-electron chi connectivity index (χ4n) is 3.05. The van der Waals surface area contributed by atoms with E-state index in [2.05, 4.69) is 20.7 Å². The first-order valence-electron chi connectivity index (χ1n) is 8.64. The van der Waals surface area contributed by atoms with Crippen molar-refractivity contribution in [3.63, 3.8) is 0 Å². The third-order valence-corrected chi connectivity index (χ3v) is 4.33. The summed E-state index contributed by atoms with van der Waals surface area (Å²) < 4.78 is 2.93. The number of hydrogen-bond acceptors (Lipinski definition) is 5. The van der Waals surface area contributed by atoms with Crippen molar-refractivity contribution in [3.05, 3.63) is 65.1 Å². The molecule has 0 saturated carbocycles. The SMILES string of the molecule is C[C@H](Cn1nnc2ccccc21)NC(=O)Cn1ncc2ccccc2c1=O. The molecule has 8 heteroatoms. The predicted molar refractivity (Wildman–Crippen MR) is 101 cm³/mol. The molecular weight excluding hydrogens is 344 g/mol. The monoisotopic (exact) mass is 362 g/mol. The maximum absolute atomic E-state index is 12.5. The average molecular weight is 362 g/mol. The highest BCUT2D eigenvalue weighted by Crippen LogP contribution is 2.10. The average Bonchev–Trinajstić information content (AvgIpc) is 3.07. The molecule has 4 aromatic rings. The summed E-state index contributed by atoms with van der Waals surface area (Å²) in [5.41, 5.74) is 1.44. The van der Waals surface area contributed by atoms with Gasteiger partial charge in [0.15, 0.2) is 0 Å². The molecule has 0 aliphatic rings. The van der Waals surface area contributed by atoms with E-state index in [0.29, 0.717) is 11.9 Å². The summed E-state index contributed by atoms with van der Waals surface area (Å²) in [5, 5.41) is 16.5. The van der Waals surface area contributed by atoms with Crippen LogP contribution in [0.5, 0.6) is 0 Å². The lowest BCUT2D eigenvalue weighted by molar-refractivity contribution is -0.122. The first-order chi connectivity index (χ1) is 13.1. The Bertz CT molecular complexity index is 1180. The molecule has 2 aromatic carbocycles. The third-order valence-electron chi connectivity index (χ3n) is 4.33. The number of aromatic nitrogens is 5. The van der Waals surface area contributed by atoms with Crippen molar-refractivity contribution < 1.29 is 4.79 Å². The van der Waals surface area contributed by atoms with Crippen LogP contribution in [0, 0.1) is 0 Å². The zero-order valence-electron chi connectivity index (χ0n) is 14.7. The topological polar surface area (TPSA) is 94.7 Å². The van der Waals surface area contributed by atoms with Gasteiger partial charge >= 0.3 is 0 Å². The van der Waals surface area contributed by atoms with Gasteiger partial charge in [0.25, 0.3) is 5.56 Å². The Morgan fingerprint density at radius 3 is 2.78 bits per heavy atom. The second-order valence-electron chi connectivity index (χ2n) is 6.42. The van der Waals surface area contributed by atoms with Gasteiger partial charge in [0.2, 0.25) is 5.91 Å². The van der Waals surface area contributed by atoms with E-state index in [1.54, 1.807) is 23.0 Å². The van der Waals surface area contributed by atoms with Crippen LogP contribution in [-0.4, -0.2) is 36.7 Å². The van der Waals surface area contributed by atoms with Gasteiger partial charge in [-0.1, -0.05) is 35.5 Å². The van der Waals surface area contributed by atoms with Gasteiger partial charge in [-0.3, -0.25) is 9.59 Å². The van der Waals surface area contributed by atoms with Crippen LogP contribution in [0.15, 0.2) is 59.5 Å². The van der Waals surface area contributed by atoms with Crippen LogP contribution in [0.3, 0.4) is 0 Å². The molecule has 2 heterocycles. The lowest BCUT2D eigenvalue weighted by atomic mass is 10.2. The fraction of sp³-hybridized carbons (Fsp3) is 0.211. The van der Waals surface area contributed by atoms with Crippen LogP contribution in [0.4, 0.5) is 0 Å². The number of carbonyl (C=O) groups is 1. The molecule has 0 bridgehead atoms. The molecule has 4 rings (SSSR count). The molecule has 0 spiro atoms. The maximum Gasteiger partial charge on any atom is 0.275 e. The molecular formula is C19H18N6O2. The van der Waals surface area contributed by atoms with Crippen molar-refractivity contribution in [1.82, 2.24) is 30.1 Å². The molecule has 0 aliphatic heterocycles. The molecule has 1 atom stereocenters. The molecule has 0 unspecified atom stereocenters. The van der Waals surface area contributed by atoms with E-state index in [4.69, 9.17) is 0 Å². The van der Waals surface area contributed by atoms with E-state index in [-0.39, 0.29) is 24.1 Å². The van der Waals surface area contributed by atoms with Gasteiger partial charge in [-0.25, -0.2) is 9.36 Å². The molecule has 0 radical (unpaired) electrons. The van der Waals surface area contributed by atoms with Crippen LogP contribution >= 0.6 is 0 Å².